The summed E-state index contributed by atoms with van der Waals surface area (Å²) >= 11 is 0. The molecule has 0 spiro atoms. The summed E-state index contributed by atoms with van der Waals surface area (Å²) in [5.41, 5.74) is 1.91. The van der Waals surface area contributed by atoms with Crippen molar-refractivity contribution in [1.29, 1.82) is 0 Å². The fraction of sp³-hybridized carbons (Fsp3) is 0.333. The number of rotatable bonds is 5. The number of ether oxygens (including phenoxy) is 1. The van der Waals surface area contributed by atoms with Crippen LogP contribution in [0.3, 0.4) is 0 Å². The smallest absolute Gasteiger partial charge is 0.387 e. The topological polar surface area (TPSA) is 34.4 Å². The zero-order valence-corrected chi connectivity index (χ0v) is 11.6. The first-order valence-corrected chi connectivity index (χ1v) is 6.34. The number of furan rings is 1. The molecule has 0 aliphatic carbocycles. The lowest BCUT2D eigenvalue weighted by molar-refractivity contribution is -0.0498. The third-order valence-electron chi connectivity index (χ3n) is 3.01. The molecule has 108 valence electrons. The second kappa shape index (κ2) is 5.94. The van der Waals surface area contributed by atoms with E-state index < -0.39 is 6.61 Å². The number of hydrogen-bond acceptors (Lipinski definition) is 3. The molecule has 1 atom stereocenters. The van der Waals surface area contributed by atoms with E-state index in [0.29, 0.717) is 0 Å². The number of nitrogens with one attached hydrogen (secondary N) is 1. The Morgan fingerprint density at radius 2 is 1.80 bits per heavy atom. The van der Waals surface area contributed by atoms with E-state index in [1.165, 1.54) is 12.1 Å². The van der Waals surface area contributed by atoms with Crippen LogP contribution in [-0.2, 0) is 0 Å². The molecule has 2 rings (SSSR count). The van der Waals surface area contributed by atoms with Crippen LogP contribution >= 0.6 is 0 Å². The molecule has 1 heterocycles. The lowest BCUT2D eigenvalue weighted by Gasteiger charge is -2.15. The van der Waals surface area contributed by atoms with Gasteiger partial charge in [-0.05, 0) is 51.1 Å². The van der Waals surface area contributed by atoms with Crippen LogP contribution in [0.25, 0.3) is 0 Å². The molecule has 0 aliphatic rings. The van der Waals surface area contributed by atoms with E-state index in [1.54, 1.807) is 12.1 Å². The van der Waals surface area contributed by atoms with Crippen LogP contribution in [0.5, 0.6) is 5.75 Å². The number of hydrogen-bond donors (Lipinski definition) is 1. The summed E-state index contributed by atoms with van der Waals surface area (Å²) in [5, 5.41) is 3.29. The SMILES string of the molecule is Cc1cc(C(C)Nc2ccc(OC(F)F)cc2)c(C)o1. The van der Waals surface area contributed by atoms with E-state index in [9.17, 15) is 8.78 Å². The highest BCUT2D eigenvalue weighted by atomic mass is 19.3. The molecule has 0 radical (unpaired) electrons. The van der Waals surface area contributed by atoms with Gasteiger partial charge in [0, 0.05) is 11.3 Å². The van der Waals surface area contributed by atoms with Crippen LogP contribution < -0.4 is 10.1 Å². The Kier molecular flexibility index (Phi) is 4.27. The predicted molar refractivity (Wildman–Crippen MR) is 73.3 cm³/mol. The van der Waals surface area contributed by atoms with Crippen LogP contribution in [-0.4, -0.2) is 6.61 Å². The van der Waals surface area contributed by atoms with E-state index in [4.69, 9.17) is 4.42 Å². The van der Waals surface area contributed by atoms with Crippen LogP contribution in [0.1, 0.15) is 30.0 Å². The van der Waals surface area contributed by atoms with Crippen molar-refractivity contribution >= 4 is 5.69 Å². The van der Waals surface area contributed by atoms with Gasteiger partial charge in [0.15, 0.2) is 0 Å². The number of aryl methyl sites for hydroxylation is 2. The maximum Gasteiger partial charge on any atom is 0.387 e. The van der Waals surface area contributed by atoms with E-state index >= 15 is 0 Å². The molecule has 0 saturated carbocycles. The highest BCUT2D eigenvalue weighted by Gasteiger charge is 2.12. The summed E-state index contributed by atoms with van der Waals surface area (Å²) < 4.78 is 33.9. The zero-order chi connectivity index (χ0) is 14.7. The van der Waals surface area contributed by atoms with Gasteiger partial charge in [0.2, 0.25) is 0 Å². The summed E-state index contributed by atoms with van der Waals surface area (Å²) in [7, 11) is 0. The van der Waals surface area contributed by atoms with Gasteiger partial charge in [-0.1, -0.05) is 0 Å². The Morgan fingerprint density at radius 3 is 2.30 bits per heavy atom. The number of halogens is 2. The van der Waals surface area contributed by atoms with Crippen molar-refractivity contribution in [2.24, 2.45) is 0 Å². The van der Waals surface area contributed by atoms with Crippen molar-refractivity contribution in [3.05, 3.63) is 47.4 Å². The maximum absolute atomic E-state index is 12.1. The van der Waals surface area contributed by atoms with E-state index in [1.807, 2.05) is 26.8 Å². The second-order valence-electron chi connectivity index (χ2n) is 4.64. The minimum absolute atomic E-state index is 0.0642. The molecule has 1 aromatic carbocycles. The predicted octanol–water partition coefficient (Wildman–Crippen LogP) is 4.67. The Balaban J connectivity index is 2.04. The molecule has 5 heteroatoms. The van der Waals surface area contributed by atoms with Gasteiger partial charge in [-0.3, -0.25) is 0 Å². The molecule has 0 saturated heterocycles. The second-order valence-corrected chi connectivity index (χ2v) is 4.64. The molecule has 3 nitrogen and oxygen atoms in total. The fourth-order valence-corrected chi connectivity index (χ4v) is 2.14. The fourth-order valence-electron chi connectivity index (χ4n) is 2.14. The first-order valence-electron chi connectivity index (χ1n) is 6.34. The third-order valence-corrected chi connectivity index (χ3v) is 3.01. The summed E-state index contributed by atoms with van der Waals surface area (Å²) in [4.78, 5) is 0. The number of alkyl halides is 2. The minimum Gasteiger partial charge on any atom is -0.466 e. The Hall–Kier alpha value is -2.04. The molecule has 1 unspecified atom stereocenters. The van der Waals surface area contributed by atoms with Gasteiger partial charge in [0.25, 0.3) is 0 Å². The van der Waals surface area contributed by atoms with Crippen LogP contribution in [0, 0.1) is 13.8 Å². The van der Waals surface area contributed by atoms with Gasteiger partial charge in [-0.25, -0.2) is 0 Å². The van der Waals surface area contributed by atoms with Crippen molar-refractivity contribution in [2.75, 3.05) is 5.32 Å². The van der Waals surface area contributed by atoms with Gasteiger partial charge in [-0.15, -0.1) is 0 Å². The molecule has 1 N–H and O–H groups in total. The molecule has 0 fully saturated rings. The first kappa shape index (κ1) is 14.4. The first-order chi connectivity index (χ1) is 9.45. The average molecular weight is 281 g/mol. The Labute approximate surface area is 116 Å². The molecule has 20 heavy (non-hydrogen) atoms. The van der Waals surface area contributed by atoms with Crippen molar-refractivity contribution < 1.29 is 17.9 Å². The van der Waals surface area contributed by atoms with Gasteiger partial charge >= 0.3 is 6.61 Å². The average Bonchev–Trinajstić information content (AvgIpc) is 2.70. The number of benzene rings is 1. The van der Waals surface area contributed by atoms with Crippen LogP contribution in [0.4, 0.5) is 14.5 Å². The molecule has 1 aromatic heterocycles. The largest absolute Gasteiger partial charge is 0.466 e. The van der Waals surface area contributed by atoms with Crippen molar-refractivity contribution in [1.82, 2.24) is 0 Å². The van der Waals surface area contributed by atoms with Crippen LogP contribution in [0.2, 0.25) is 0 Å². The van der Waals surface area contributed by atoms with Crippen molar-refractivity contribution in [3.63, 3.8) is 0 Å². The quantitative estimate of drug-likeness (QED) is 0.864. The normalized spacial score (nSPS) is 12.5. The number of anilines is 1. The zero-order valence-electron chi connectivity index (χ0n) is 11.6. The van der Waals surface area contributed by atoms with Gasteiger partial charge in [0.1, 0.15) is 17.3 Å². The van der Waals surface area contributed by atoms with Crippen LogP contribution in [0.15, 0.2) is 34.7 Å². The van der Waals surface area contributed by atoms with E-state index in [-0.39, 0.29) is 11.8 Å². The van der Waals surface area contributed by atoms with Crippen molar-refractivity contribution in [2.45, 2.75) is 33.4 Å². The van der Waals surface area contributed by atoms with Gasteiger partial charge < -0.3 is 14.5 Å². The molecule has 0 aliphatic heterocycles. The summed E-state index contributed by atoms with van der Waals surface area (Å²) in [6.07, 6.45) is 0. The van der Waals surface area contributed by atoms with Gasteiger partial charge in [-0.2, -0.15) is 8.78 Å². The molecular weight excluding hydrogens is 264 g/mol. The minimum atomic E-state index is -2.80. The molecular formula is C15H17F2NO2. The Bertz CT molecular complexity index is 564. The van der Waals surface area contributed by atoms with Crippen molar-refractivity contribution in [3.8, 4) is 5.75 Å². The highest BCUT2D eigenvalue weighted by molar-refractivity contribution is 5.48. The highest BCUT2D eigenvalue weighted by Crippen LogP contribution is 2.26. The van der Waals surface area contributed by atoms with E-state index in [2.05, 4.69) is 10.1 Å². The maximum atomic E-state index is 12.1. The Morgan fingerprint density at radius 1 is 1.15 bits per heavy atom. The molecule has 0 amide bonds. The van der Waals surface area contributed by atoms with E-state index in [0.717, 1.165) is 22.8 Å². The summed E-state index contributed by atoms with van der Waals surface area (Å²) in [6, 6.07) is 8.48. The summed E-state index contributed by atoms with van der Waals surface area (Å²) in [6.45, 7) is 3.03. The monoisotopic (exact) mass is 281 g/mol. The lowest BCUT2D eigenvalue weighted by Crippen LogP contribution is -2.07. The summed E-state index contributed by atoms with van der Waals surface area (Å²) in [5.74, 6) is 1.89. The van der Waals surface area contributed by atoms with Gasteiger partial charge in [0.05, 0.1) is 6.04 Å². The lowest BCUT2D eigenvalue weighted by atomic mass is 10.1. The molecule has 2 aromatic rings. The third kappa shape index (κ3) is 3.50. The molecule has 0 bridgehead atoms. The standard InChI is InChI=1S/C15H17F2NO2/c1-9-8-14(11(3)19-9)10(2)18-12-4-6-13(7-5-12)20-15(16)17/h4-8,10,15,18H,1-3H3.